The Hall–Kier alpha value is -3.13. The molecule has 0 unspecified atom stereocenters. The lowest BCUT2D eigenvalue weighted by Gasteiger charge is -2.14. The van der Waals surface area contributed by atoms with Gasteiger partial charge < -0.3 is 19.5 Å². The van der Waals surface area contributed by atoms with Crippen LogP contribution in [0, 0.1) is 5.82 Å². The molecule has 1 heterocycles. The van der Waals surface area contributed by atoms with Crippen LogP contribution in [0.4, 0.5) is 4.39 Å². The average Bonchev–Trinajstić information content (AvgIpc) is 3.21. The third-order valence-corrected chi connectivity index (χ3v) is 4.90. The summed E-state index contributed by atoms with van der Waals surface area (Å²) in [5.74, 6) is 0.891. The number of hydrogen-bond acceptors (Lipinski definition) is 6. The van der Waals surface area contributed by atoms with Gasteiger partial charge in [0.05, 0.1) is 21.3 Å². The number of nitrogens with zero attached hydrogens (tertiary/aromatic N) is 1. The summed E-state index contributed by atoms with van der Waals surface area (Å²) >= 11 is 1.32. The molecule has 0 aliphatic carbocycles. The van der Waals surface area contributed by atoms with Crippen molar-refractivity contribution in [3.63, 3.8) is 0 Å². The molecule has 0 aliphatic rings. The van der Waals surface area contributed by atoms with E-state index >= 15 is 0 Å². The first kappa shape index (κ1) is 19.6. The van der Waals surface area contributed by atoms with Crippen LogP contribution in [0.2, 0.25) is 0 Å². The summed E-state index contributed by atoms with van der Waals surface area (Å²) in [6.45, 7) is 0.263. The molecule has 28 heavy (non-hydrogen) atoms. The number of halogens is 1. The highest BCUT2D eigenvalue weighted by Gasteiger charge is 2.15. The monoisotopic (exact) mass is 402 g/mol. The first-order chi connectivity index (χ1) is 13.5. The smallest absolute Gasteiger partial charge is 0.271 e. The van der Waals surface area contributed by atoms with Gasteiger partial charge in [0.15, 0.2) is 11.5 Å². The summed E-state index contributed by atoms with van der Waals surface area (Å²) in [5, 5.41) is 5.14. The lowest BCUT2D eigenvalue weighted by atomic mass is 10.1. The van der Waals surface area contributed by atoms with Crippen molar-refractivity contribution in [3.05, 3.63) is 58.9 Å². The van der Waals surface area contributed by atoms with Crippen molar-refractivity contribution in [2.45, 2.75) is 6.54 Å². The second kappa shape index (κ2) is 8.71. The highest BCUT2D eigenvalue weighted by Crippen LogP contribution is 2.38. The van der Waals surface area contributed by atoms with Crippen LogP contribution in [-0.2, 0) is 6.54 Å². The van der Waals surface area contributed by atoms with E-state index in [2.05, 4.69) is 10.3 Å². The lowest BCUT2D eigenvalue weighted by molar-refractivity contribution is 0.0946. The Labute approximate surface area is 165 Å². The summed E-state index contributed by atoms with van der Waals surface area (Å²) in [5.41, 5.74) is 1.85. The minimum absolute atomic E-state index is 0.263. The molecule has 2 aromatic carbocycles. The lowest BCUT2D eigenvalue weighted by Crippen LogP contribution is -2.23. The molecular formula is C20H19FN2O4S. The molecule has 1 aromatic heterocycles. The minimum atomic E-state index is -0.316. The van der Waals surface area contributed by atoms with E-state index in [1.165, 1.54) is 44.8 Å². The number of ether oxygens (including phenoxy) is 3. The highest BCUT2D eigenvalue weighted by atomic mass is 32.1. The maximum absolute atomic E-state index is 13.0. The van der Waals surface area contributed by atoms with Gasteiger partial charge in [0.25, 0.3) is 5.91 Å². The maximum Gasteiger partial charge on any atom is 0.271 e. The molecule has 146 valence electrons. The number of carbonyl (C=O) groups is 1. The van der Waals surface area contributed by atoms with E-state index in [-0.39, 0.29) is 18.3 Å². The number of thiazole rings is 1. The number of nitrogens with one attached hydrogen (secondary N) is 1. The van der Waals surface area contributed by atoms with E-state index in [4.69, 9.17) is 14.2 Å². The average molecular weight is 402 g/mol. The quantitative estimate of drug-likeness (QED) is 0.649. The van der Waals surface area contributed by atoms with Crippen LogP contribution in [0.15, 0.2) is 41.8 Å². The molecule has 3 aromatic rings. The van der Waals surface area contributed by atoms with Crippen molar-refractivity contribution in [1.82, 2.24) is 10.3 Å². The topological polar surface area (TPSA) is 69.7 Å². The van der Waals surface area contributed by atoms with Gasteiger partial charge in [-0.15, -0.1) is 11.3 Å². The Bertz CT molecular complexity index is 948. The zero-order valence-electron chi connectivity index (χ0n) is 15.6. The molecule has 0 saturated carbocycles. The van der Waals surface area contributed by atoms with Gasteiger partial charge in [-0.05, 0) is 42.0 Å². The first-order valence-corrected chi connectivity index (χ1v) is 9.22. The zero-order valence-corrected chi connectivity index (χ0v) is 16.4. The fourth-order valence-corrected chi connectivity index (χ4v) is 3.42. The second-order valence-corrected chi connectivity index (χ2v) is 6.62. The number of rotatable bonds is 7. The summed E-state index contributed by atoms with van der Waals surface area (Å²) in [6, 6.07) is 9.53. The van der Waals surface area contributed by atoms with E-state index in [0.29, 0.717) is 28.0 Å². The fourth-order valence-electron chi connectivity index (χ4n) is 2.61. The Morgan fingerprint density at radius 1 is 1.07 bits per heavy atom. The molecule has 1 N–H and O–H groups in total. The number of aromatic nitrogens is 1. The van der Waals surface area contributed by atoms with Gasteiger partial charge >= 0.3 is 0 Å². The van der Waals surface area contributed by atoms with Gasteiger partial charge in [-0.1, -0.05) is 0 Å². The molecule has 0 bridgehead atoms. The van der Waals surface area contributed by atoms with Crippen LogP contribution in [-0.4, -0.2) is 32.2 Å². The van der Waals surface area contributed by atoms with Crippen LogP contribution in [0.5, 0.6) is 17.2 Å². The van der Waals surface area contributed by atoms with Gasteiger partial charge in [-0.2, -0.15) is 0 Å². The van der Waals surface area contributed by atoms with E-state index < -0.39 is 0 Å². The highest BCUT2D eigenvalue weighted by molar-refractivity contribution is 7.13. The third kappa shape index (κ3) is 4.23. The number of methoxy groups -OCH3 is 3. The largest absolute Gasteiger partial charge is 0.493 e. The van der Waals surface area contributed by atoms with Crippen molar-refractivity contribution in [2.75, 3.05) is 21.3 Å². The molecule has 3 rings (SSSR count). The van der Waals surface area contributed by atoms with Crippen molar-refractivity contribution >= 4 is 17.2 Å². The van der Waals surface area contributed by atoms with Crippen molar-refractivity contribution in [1.29, 1.82) is 0 Å². The molecule has 0 fully saturated rings. The number of benzene rings is 2. The van der Waals surface area contributed by atoms with Crippen LogP contribution in [0.25, 0.3) is 10.6 Å². The van der Waals surface area contributed by atoms with Crippen molar-refractivity contribution < 1.29 is 23.4 Å². The van der Waals surface area contributed by atoms with E-state index in [0.717, 1.165) is 11.1 Å². The van der Waals surface area contributed by atoms with Crippen LogP contribution in [0.1, 0.15) is 16.1 Å². The third-order valence-electron chi connectivity index (χ3n) is 4.01. The number of hydrogen-bond donors (Lipinski definition) is 1. The predicted octanol–water partition coefficient (Wildman–Crippen LogP) is 3.91. The van der Waals surface area contributed by atoms with E-state index in [1.807, 2.05) is 0 Å². The van der Waals surface area contributed by atoms with Crippen LogP contribution >= 0.6 is 11.3 Å². The van der Waals surface area contributed by atoms with Gasteiger partial charge in [0, 0.05) is 17.5 Å². The second-order valence-electron chi connectivity index (χ2n) is 5.76. The molecule has 0 atom stereocenters. The molecule has 0 aliphatic heterocycles. The number of amides is 1. The molecule has 0 saturated heterocycles. The number of carbonyl (C=O) groups excluding carboxylic acids is 1. The fraction of sp³-hybridized carbons (Fsp3) is 0.200. The summed E-state index contributed by atoms with van der Waals surface area (Å²) in [7, 11) is 4.60. The van der Waals surface area contributed by atoms with Gasteiger partial charge in [-0.3, -0.25) is 4.79 Å². The Morgan fingerprint density at radius 3 is 2.29 bits per heavy atom. The molecule has 0 radical (unpaired) electrons. The maximum atomic E-state index is 13.0. The normalized spacial score (nSPS) is 10.4. The van der Waals surface area contributed by atoms with E-state index in [1.54, 1.807) is 29.6 Å². The van der Waals surface area contributed by atoms with Crippen LogP contribution in [0.3, 0.4) is 0 Å². The molecular weight excluding hydrogens is 383 g/mol. The zero-order chi connectivity index (χ0) is 20.1. The standard InChI is InChI=1S/C20H19FN2O4S/c1-25-16-8-12(9-17(26-2)18(16)27-3)10-22-19(24)15-11-28-20(23-15)13-4-6-14(21)7-5-13/h4-9,11H,10H2,1-3H3,(H,22,24). The van der Waals surface area contributed by atoms with Gasteiger partial charge in [0.1, 0.15) is 16.5 Å². The van der Waals surface area contributed by atoms with Crippen molar-refractivity contribution in [2.24, 2.45) is 0 Å². The molecule has 6 nitrogen and oxygen atoms in total. The first-order valence-electron chi connectivity index (χ1n) is 8.34. The molecule has 8 heteroatoms. The van der Waals surface area contributed by atoms with Crippen molar-refractivity contribution in [3.8, 4) is 27.8 Å². The summed E-state index contributed by atoms with van der Waals surface area (Å²) in [4.78, 5) is 16.8. The predicted molar refractivity (Wildman–Crippen MR) is 105 cm³/mol. The Morgan fingerprint density at radius 2 is 1.71 bits per heavy atom. The SMILES string of the molecule is COc1cc(CNC(=O)c2csc(-c3ccc(F)cc3)n2)cc(OC)c1OC. The Balaban J connectivity index is 1.71. The van der Waals surface area contributed by atoms with Gasteiger partial charge in [0.2, 0.25) is 5.75 Å². The minimum Gasteiger partial charge on any atom is -0.493 e. The summed E-state index contributed by atoms with van der Waals surface area (Å²) < 4.78 is 29.0. The van der Waals surface area contributed by atoms with E-state index in [9.17, 15) is 9.18 Å². The van der Waals surface area contributed by atoms with Crippen LogP contribution < -0.4 is 19.5 Å². The Kier molecular flexibility index (Phi) is 6.10. The van der Waals surface area contributed by atoms with Gasteiger partial charge in [-0.25, -0.2) is 9.37 Å². The summed E-state index contributed by atoms with van der Waals surface area (Å²) in [6.07, 6.45) is 0. The molecule has 1 amide bonds. The molecule has 0 spiro atoms.